The Balaban J connectivity index is 1.36. The summed E-state index contributed by atoms with van der Waals surface area (Å²) in [4.78, 5) is 3.75. The number of aliphatic hydroxyl groups is 3. The SMILES string of the molecule is O[C@H]1CCN(CC2(O)CCN(c3ccccc3F)CC2)C[C@]1(O)COc1cc(F)ccc1F. The van der Waals surface area contributed by atoms with Crippen LogP contribution in [0.3, 0.4) is 0 Å². The van der Waals surface area contributed by atoms with Crippen molar-refractivity contribution < 1.29 is 33.2 Å². The molecule has 0 amide bonds. The smallest absolute Gasteiger partial charge is 0.165 e. The molecule has 180 valence electrons. The van der Waals surface area contributed by atoms with Crippen LogP contribution in [0.2, 0.25) is 0 Å². The van der Waals surface area contributed by atoms with Crippen LogP contribution in [-0.4, -0.2) is 76.9 Å². The lowest BCUT2D eigenvalue weighted by molar-refractivity contribution is -0.149. The molecule has 2 atom stereocenters. The molecule has 4 rings (SSSR count). The van der Waals surface area contributed by atoms with Gasteiger partial charge in [-0.1, -0.05) is 12.1 Å². The number of benzene rings is 2. The molecular formula is C24H29F3N2O4. The summed E-state index contributed by atoms with van der Waals surface area (Å²) in [5.74, 6) is -2.08. The Hall–Kier alpha value is -2.33. The van der Waals surface area contributed by atoms with Crippen molar-refractivity contribution in [1.82, 2.24) is 4.90 Å². The molecule has 0 radical (unpaired) electrons. The summed E-state index contributed by atoms with van der Waals surface area (Å²) >= 11 is 0. The van der Waals surface area contributed by atoms with E-state index in [1.165, 1.54) is 6.07 Å². The zero-order valence-electron chi connectivity index (χ0n) is 18.3. The Morgan fingerprint density at radius 2 is 1.70 bits per heavy atom. The molecule has 0 aliphatic carbocycles. The second-order valence-corrected chi connectivity index (χ2v) is 9.14. The van der Waals surface area contributed by atoms with E-state index in [1.54, 1.807) is 18.2 Å². The first-order valence-corrected chi connectivity index (χ1v) is 11.1. The summed E-state index contributed by atoms with van der Waals surface area (Å²) in [6.45, 7) is 1.27. The van der Waals surface area contributed by atoms with Crippen LogP contribution in [-0.2, 0) is 0 Å². The van der Waals surface area contributed by atoms with E-state index in [1.807, 2.05) is 9.80 Å². The number of halogens is 3. The number of nitrogens with zero attached hydrogens (tertiary/aromatic N) is 2. The monoisotopic (exact) mass is 466 g/mol. The number of aliphatic hydroxyl groups excluding tert-OH is 1. The van der Waals surface area contributed by atoms with E-state index in [4.69, 9.17) is 4.74 Å². The van der Waals surface area contributed by atoms with Crippen LogP contribution in [0.5, 0.6) is 5.75 Å². The lowest BCUT2D eigenvalue weighted by atomic mass is 9.86. The van der Waals surface area contributed by atoms with Gasteiger partial charge in [-0.3, -0.25) is 4.90 Å². The number of anilines is 1. The number of para-hydroxylation sites is 1. The van der Waals surface area contributed by atoms with Gasteiger partial charge in [0.15, 0.2) is 11.6 Å². The fourth-order valence-corrected chi connectivity index (χ4v) is 4.66. The largest absolute Gasteiger partial charge is 0.487 e. The Morgan fingerprint density at radius 1 is 0.970 bits per heavy atom. The van der Waals surface area contributed by atoms with Crippen molar-refractivity contribution >= 4 is 5.69 Å². The van der Waals surface area contributed by atoms with Gasteiger partial charge in [0.2, 0.25) is 0 Å². The summed E-state index contributed by atoms with van der Waals surface area (Å²) in [6, 6.07) is 9.32. The molecule has 2 aromatic rings. The molecule has 33 heavy (non-hydrogen) atoms. The van der Waals surface area contributed by atoms with Gasteiger partial charge in [-0.05, 0) is 43.5 Å². The lowest BCUT2D eigenvalue weighted by Crippen LogP contribution is -2.62. The highest BCUT2D eigenvalue weighted by atomic mass is 19.1. The Morgan fingerprint density at radius 3 is 2.42 bits per heavy atom. The number of rotatable bonds is 6. The van der Waals surface area contributed by atoms with Gasteiger partial charge in [0.1, 0.15) is 23.8 Å². The molecule has 0 spiro atoms. The Kier molecular flexibility index (Phi) is 6.86. The third-order valence-electron chi connectivity index (χ3n) is 6.61. The summed E-state index contributed by atoms with van der Waals surface area (Å²) in [7, 11) is 0. The molecule has 0 unspecified atom stereocenters. The Labute approximate surface area is 190 Å². The van der Waals surface area contributed by atoms with E-state index < -0.39 is 35.5 Å². The van der Waals surface area contributed by atoms with E-state index in [9.17, 15) is 28.5 Å². The highest BCUT2D eigenvalue weighted by molar-refractivity contribution is 5.48. The molecule has 2 aliphatic rings. The number of hydrogen-bond acceptors (Lipinski definition) is 6. The van der Waals surface area contributed by atoms with E-state index in [0.717, 1.165) is 18.2 Å². The quantitative estimate of drug-likeness (QED) is 0.607. The molecular weight excluding hydrogens is 437 g/mol. The molecule has 2 fully saturated rings. The Bertz CT molecular complexity index is 970. The molecule has 0 saturated carbocycles. The van der Waals surface area contributed by atoms with E-state index in [-0.39, 0.29) is 31.1 Å². The number of likely N-dealkylation sites (tertiary alicyclic amines) is 1. The highest BCUT2D eigenvalue weighted by Gasteiger charge is 2.44. The minimum absolute atomic E-state index is 0.00440. The van der Waals surface area contributed by atoms with Crippen molar-refractivity contribution in [1.29, 1.82) is 0 Å². The van der Waals surface area contributed by atoms with Gasteiger partial charge in [0.05, 0.1) is 17.4 Å². The van der Waals surface area contributed by atoms with Crippen LogP contribution in [0, 0.1) is 17.5 Å². The second-order valence-electron chi connectivity index (χ2n) is 9.14. The van der Waals surface area contributed by atoms with Crippen LogP contribution < -0.4 is 9.64 Å². The van der Waals surface area contributed by atoms with Crippen molar-refractivity contribution in [2.24, 2.45) is 0 Å². The average Bonchev–Trinajstić information content (AvgIpc) is 2.78. The van der Waals surface area contributed by atoms with Crippen molar-refractivity contribution in [2.45, 2.75) is 36.6 Å². The fourth-order valence-electron chi connectivity index (χ4n) is 4.66. The maximum atomic E-state index is 14.1. The number of piperidine rings is 2. The first kappa shape index (κ1) is 23.8. The minimum atomic E-state index is -1.71. The van der Waals surface area contributed by atoms with Crippen molar-refractivity contribution in [2.75, 3.05) is 44.2 Å². The number of β-amino-alcohol motifs (C(OH)–C–C–N with tert-alkyl or cyclic N) is 2. The predicted molar refractivity (Wildman–Crippen MR) is 117 cm³/mol. The van der Waals surface area contributed by atoms with Gasteiger partial charge in [-0.25, -0.2) is 13.2 Å². The third-order valence-corrected chi connectivity index (χ3v) is 6.61. The number of hydrogen-bond donors (Lipinski definition) is 3. The second kappa shape index (κ2) is 9.50. The van der Waals surface area contributed by atoms with Crippen LogP contribution in [0.15, 0.2) is 42.5 Å². The lowest BCUT2D eigenvalue weighted by Gasteiger charge is -2.46. The van der Waals surface area contributed by atoms with Crippen LogP contribution >= 0.6 is 0 Å². The normalized spacial score (nSPS) is 25.8. The zero-order chi connectivity index (χ0) is 23.6. The molecule has 0 bridgehead atoms. The van der Waals surface area contributed by atoms with Gasteiger partial charge in [-0.15, -0.1) is 0 Å². The molecule has 3 N–H and O–H groups in total. The summed E-state index contributed by atoms with van der Waals surface area (Å²) in [5.41, 5.74) is -2.22. The molecule has 0 aromatic heterocycles. The number of ether oxygens (including phenoxy) is 1. The molecule has 2 aliphatic heterocycles. The van der Waals surface area contributed by atoms with E-state index in [2.05, 4.69) is 0 Å². The van der Waals surface area contributed by atoms with E-state index in [0.29, 0.717) is 38.2 Å². The van der Waals surface area contributed by atoms with Gasteiger partial charge in [0, 0.05) is 38.8 Å². The molecule has 2 saturated heterocycles. The molecule has 9 heteroatoms. The summed E-state index contributed by atoms with van der Waals surface area (Å²) in [6.07, 6.45) is -0.0285. The van der Waals surface area contributed by atoms with Crippen LogP contribution in [0.1, 0.15) is 19.3 Å². The van der Waals surface area contributed by atoms with Gasteiger partial charge in [0.25, 0.3) is 0 Å². The third kappa shape index (κ3) is 5.43. The topological polar surface area (TPSA) is 76.4 Å². The standard InChI is InChI=1S/C24H29F3N2O4/c25-17-5-6-19(27)21(13-17)33-16-24(32)15-28(10-7-22(24)30)14-23(31)8-11-29(12-9-23)20-4-2-1-3-18(20)26/h1-6,13,22,30-32H,7-12,14-16H2/t22-,24-/m0/s1. The molecule has 6 nitrogen and oxygen atoms in total. The minimum Gasteiger partial charge on any atom is -0.487 e. The maximum absolute atomic E-state index is 14.1. The predicted octanol–water partition coefficient (Wildman–Crippen LogP) is 2.31. The van der Waals surface area contributed by atoms with Crippen LogP contribution in [0.4, 0.5) is 18.9 Å². The first-order valence-electron chi connectivity index (χ1n) is 11.1. The van der Waals surface area contributed by atoms with Gasteiger partial charge in [-0.2, -0.15) is 0 Å². The van der Waals surface area contributed by atoms with Gasteiger partial charge >= 0.3 is 0 Å². The first-order chi connectivity index (χ1) is 15.7. The average molecular weight is 467 g/mol. The summed E-state index contributed by atoms with van der Waals surface area (Å²) < 4.78 is 46.6. The maximum Gasteiger partial charge on any atom is 0.165 e. The zero-order valence-corrected chi connectivity index (χ0v) is 18.3. The fraction of sp³-hybridized carbons (Fsp3) is 0.500. The van der Waals surface area contributed by atoms with Crippen molar-refractivity contribution in [3.63, 3.8) is 0 Å². The van der Waals surface area contributed by atoms with Crippen LogP contribution in [0.25, 0.3) is 0 Å². The van der Waals surface area contributed by atoms with E-state index >= 15 is 0 Å². The van der Waals surface area contributed by atoms with Gasteiger partial charge < -0.3 is 25.0 Å². The highest BCUT2D eigenvalue weighted by Crippen LogP contribution is 2.31. The van der Waals surface area contributed by atoms with Crippen molar-refractivity contribution in [3.05, 3.63) is 59.9 Å². The summed E-state index contributed by atoms with van der Waals surface area (Å²) in [5, 5.41) is 32.5. The molecule has 2 heterocycles. The molecule has 2 aromatic carbocycles. The van der Waals surface area contributed by atoms with Crippen molar-refractivity contribution in [3.8, 4) is 5.75 Å².